The average Bonchev–Trinajstić information content (AvgIpc) is 3.32. The van der Waals surface area contributed by atoms with E-state index < -0.39 is 22.5 Å². The molecule has 1 N–H and O–H groups in total. The van der Waals surface area contributed by atoms with Crippen molar-refractivity contribution in [2.24, 2.45) is 0 Å². The van der Waals surface area contributed by atoms with Gasteiger partial charge in [0.25, 0.3) is 10.0 Å². The first-order valence-electron chi connectivity index (χ1n) is 11.3. The minimum absolute atomic E-state index is 0.0739. The number of aromatic nitrogens is 2. The summed E-state index contributed by atoms with van der Waals surface area (Å²) in [6, 6.07) is 21.0. The number of ether oxygens (including phenoxy) is 1. The first-order chi connectivity index (χ1) is 17.3. The van der Waals surface area contributed by atoms with Gasteiger partial charge in [-0.1, -0.05) is 71.0 Å². The number of hydrogen-bond donors (Lipinski definition) is 1. The Hall–Kier alpha value is -3.76. The molecule has 1 aromatic heterocycles. The van der Waals surface area contributed by atoms with Gasteiger partial charge in [-0.05, 0) is 45.0 Å². The van der Waals surface area contributed by atoms with Crippen LogP contribution in [0.25, 0.3) is 10.6 Å². The van der Waals surface area contributed by atoms with Crippen molar-refractivity contribution < 1.29 is 17.9 Å². The second-order valence-electron chi connectivity index (χ2n) is 8.05. The molecule has 4 aromatic rings. The summed E-state index contributed by atoms with van der Waals surface area (Å²) in [6.45, 7) is 5.55. The fourth-order valence-electron chi connectivity index (χ4n) is 3.45. The zero-order valence-electron chi connectivity index (χ0n) is 20.1. The standard InChI is InChI=1S/C26H26N4O4S2/c1-4-34-23-8-6-5-7-22(23)30(36(32,33)21-15-11-19(3)12-16-21)17-24(31)27-26-29-28-25(35-26)20-13-9-18(2)10-14-20/h5-16H,4,17H2,1-3H3,(H,27,29,31). The number of sulfonamides is 1. The van der Waals surface area contributed by atoms with Gasteiger partial charge < -0.3 is 4.74 Å². The Morgan fingerprint density at radius 1 is 0.944 bits per heavy atom. The number of amides is 1. The number of benzene rings is 3. The maximum absolute atomic E-state index is 13.7. The number of carbonyl (C=O) groups excluding carboxylic acids is 1. The summed E-state index contributed by atoms with van der Waals surface area (Å²) in [7, 11) is -4.08. The summed E-state index contributed by atoms with van der Waals surface area (Å²) in [4.78, 5) is 13.1. The lowest BCUT2D eigenvalue weighted by Gasteiger charge is -2.25. The van der Waals surface area contributed by atoms with Gasteiger partial charge in [-0.3, -0.25) is 14.4 Å². The van der Waals surface area contributed by atoms with Crippen molar-refractivity contribution in [2.75, 3.05) is 22.8 Å². The lowest BCUT2D eigenvalue weighted by atomic mass is 10.2. The van der Waals surface area contributed by atoms with E-state index in [0.717, 1.165) is 21.0 Å². The summed E-state index contributed by atoms with van der Waals surface area (Å²) in [5, 5.41) is 11.8. The molecule has 0 saturated carbocycles. The predicted octanol–water partition coefficient (Wildman–Crippen LogP) is 5.05. The number of hydrogen-bond acceptors (Lipinski definition) is 7. The van der Waals surface area contributed by atoms with E-state index in [1.165, 1.54) is 23.5 Å². The van der Waals surface area contributed by atoms with Crippen LogP contribution in [-0.4, -0.2) is 37.7 Å². The molecule has 36 heavy (non-hydrogen) atoms. The molecule has 1 heterocycles. The SMILES string of the molecule is CCOc1ccccc1N(CC(=O)Nc1nnc(-c2ccc(C)cc2)s1)S(=O)(=O)c1ccc(C)cc1. The van der Waals surface area contributed by atoms with Crippen molar-refractivity contribution in [1.29, 1.82) is 0 Å². The number of carbonyl (C=O) groups is 1. The van der Waals surface area contributed by atoms with E-state index in [1.807, 2.05) is 45.0 Å². The third-order valence-corrected chi connectivity index (χ3v) is 7.96. The van der Waals surface area contributed by atoms with Gasteiger partial charge in [-0.15, -0.1) is 10.2 Å². The topological polar surface area (TPSA) is 101 Å². The van der Waals surface area contributed by atoms with Gasteiger partial charge in [0.15, 0.2) is 0 Å². The van der Waals surface area contributed by atoms with Gasteiger partial charge >= 0.3 is 0 Å². The number of para-hydroxylation sites is 2. The van der Waals surface area contributed by atoms with Crippen molar-refractivity contribution in [2.45, 2.75) is 25.7 Å². The summed E-state index contributed by atoms with van der Waals surface area (Å²) in [5.74, 6) is -0.190. The highest BCUT2D eigenvalue weighted by molar-refractivity contribution is 7.92. The molecule has 0 unspecified atom stereocenters. The zero-order chi connectivity index (χ0) is 25.7. The smallest absolute Gasteiger partial charge is 0.264 e. The summed E-state index contributed by atoms with van der Waals surface area (Å²) in [6.07, 6.45) is 0. The zero-order valence-corrected chi connectivity index (χ0v) is 21.8. The number of nitrogens with zero attached hydrogens (tertiary/aromatic N) is 3. The molecule has 10 heteroatoms. The molecule has 0 bridgehead atoms. The third kappa shape index (κ3) is 5.72. The largest absolute Gasteiger partial charge is 0.492 e. The van der Waals surface area contributed by atoms with Crippen LogP contribution in [0.1, 0.15) is 18.1 Å². The minimum Gasteiger partial charge on any atom is -0.492 e. The number of nitrogens with one attached hydrogen (secondary N) is 1. The van der Waals surface area contributed by atoms with E-state index in [-0.39, 0.29) is 15.7 Å². The van der Waals surface area contributed by atoms with Crippen LogP contribution in [0, 0.1) is 13.8 Å². The number of aryl methyl sites for hydroxylation is 2. The minimum atomic E-state index is -4.08. The van der Waals surface area contributed by atoms with E-state index in [4.69, 9.17) is 4.74 Å². The van der Waals surface area contributed by atoms with E-state index in [1.54, 1.807) is 36.4 Å². The van der Waals surface area contributed by atoms with Crippen LogP contribution in [0.15, 0.2) is 77.7 Å². The molecule has 0 atom stereocenters. The maximum atomic E-state index is 13.7. The van der Waals surface area contributed by atoms with Crippen LogP contribution < -0.4 is 14.4 Å². The lowest BCUT2D eigenvalue weighted by molar-refractivity contribution is -0.114. The molecule has 8 nitrogen and oxygen atoms in total. The lowest BCUT2D eigenvalue weighted by Crippen LogP contribution is -2.38. The molecule has 0 saturated heterocycles. The molecule has 1 amide bonds. The second kappa shape index (κ2) is 10.9. The normalized spacial score (nSPS) is 11.2. The van der Waals surface area contributed by atoms with E-state index in [0.29, 0.717) is 17.4 Å². The number of rotatable bonds is 9. The van der Waals surface area contributed by atoms with Gasteiger partial charge in [-0.2, -0.15) is 0 Å². The Bertz CT molecular complexity index is 1450. The Morgan fingerprint density at radius 2 is 1.58 bits per heavy atom. The maximum Gasteiger partial charge on any atom is 0.264 e. The Morgan fingerprint density at radius 3 is 2.25 bits per heavy atom. The molecule has 0 fully saturated rings. The molecule has 4 rings (SSSR count). The van der Waals surface area contributed by atoms with E-state index in [9.17, 15) is 13.2 Å². The number of anilines is 2. The molecule has 3 aromatic carbocycles. The summed E-state index contributed by atoms with van der Waals surface area (Å²) < 4.78 is 34.1. The Labute approximate surface area is 214 Å². The van der Waals surface area contributed by atoms with Crippen LogP contribution >= 0.6 is 11.3 Å². The van der Waals surface area contributed by atoms with Gasteiger partial charge in [-0.25, -0.2) is 8.42 Å². The van der Waals surface area contributed by atoms with Gasteiger partial charge in [0.1, 0.15) is 17.3 Å². The molecule has 0 radical (unpaired) electrons. The van der Waals surface area contributed by atoms with Gasteiger partial charge in [0, 0.05) is 5.56 Å². The molecule has 0 spiro atoms. The highest BCUT2D eigenvalue weighted by atomic mass is 32.2. The monoisotopic (exact) mass is 522 g/mol. The molecule has 0 aliphatic heterocycles. The highest BCUT2D eigenvalue weighted by Crippen LogP contribution is 2.33. The fourth-order valence-corrected chi connectivity index (χ4v) is 5.65. The second-order valence-corrected chi connectivity index (χ2v) is 10.9. The first-order valence-corrected chi connectivity index (χ1v) is 13.5. The first kappa shape index (κ1) is 25.3. The molecule has 0 aliphatic carbocycles. The van der Waals surface area contributed by atoms with Gasteiger partial charge in [0.05, 0.1) is 17.2 Å². The van der Waals surface area contributed by atoms with Crippen molar-refractivity contribution in [3.8, 4) is 16.3 Å². The van der Waals surface area contributed by atoms with Gasteiger partial charge in [0.2, 0.25) is 11.0 Å². The van der Waals surface area contributed by atoms with Crippen LogP contribution in [0.4, 0.5) is 10.8 Å². The molecule has 186 valence electrons. The van der Waals surface area contributed by atoms with E-state index >= 15 is 0 Å². The molecular formula is C26H26N4O4S2. The van der Waals surface area contributed by atoms with E-state index in [2.05, 4.69) is 15.5 Å². The Balaban J connectivity index is 1.63. The van der Waals surface area contributed by atoms with Crippen LogP contribution in [0.5, 0.6) is 5.75 Å². The fraction of sp³-hybridized carbons (Fsp3) is 0.192. The molecular weight excluding hydrogens is 496 g/mol. The quantitative estimate of drug-likeness (QED) is 0.330. The van der Waals surface area contributed by atoms with Crippen LogP contribution in [0.3, 0.4) is 0 Å². The van der Waals surface area contributed by atoms with Crippen molar-refractivity contribution >= 4 is 38.1 Å². The summed E-state index contributed by atoms with van der Waals surface area (Å²) in [5.41, 5.74) is 3.20. The molecule has 0 aliphatic rings. The predicted molar refractivity (Wildman–Crippen MR) is 142 cm³/mol. The highest BCUT2D eigenvalue weighted by Gasteiger charge is 2.29. The van der Waals surface area contributed by atoms with Crippen LogP contribution in [-0.2, 0) is 14.8 Å². The summed E-state index contributed by atoms with van der Waals surface area (Å²) >= 11 is 1.21. The average molecular weight is 523 g/mol. The van der Waals surface area contributed by atoms with Crippen molar-refractivity contribution in [3.63, 3.8) is 0 Å². The Kier molecular flexibility index (Phi) is 7.66. The third-order valence-electron chi connectivity index (χ3n) is 5.30. The van der Waals surface area contributed by atoms with Crippen LogP contribution in [0.2, 0.25) is 0 Å². The van der Waals surface area contributed by atoms with Crippen molar-refractivity contribution in [1.82, 2.24) is 10.2 Å². The van der Waals surface area contributed by atoms with Crippen molar-refractivity contribution in [3.05, 3.63) is 83.9 Å².